The Labute approximate surface area is 186 Å². The number of hydrogen-bond donors (Lipinski definition) is 1. The van der Waals surface area contributed by atoms with Crippen LogP contribution in [-0.2, 0) is 17.9 Å². The lowest BCUT2D eigenvalue weighted by molar-refractivity contribution is 0.0384. The van der Waals surface area contributed by atoms with Crippen molar-refractivity contribution in [3.63, 3.8) is 0 Å². The Morgan fingerprint density at radius 3 is 2.57 bits per heavy atom. The number of halogens is 4. The van der Waals surface area contributed by atoms with E-state index in [-0.39, 0.29) is 37.2 Å². The zero-order valence-corrected chi connectivity index (χ0v) is 18.8. The minimum atomic E-state index is -0.241. The predicted octanol–water partition coefficient (Wildman–Crippen LogP) is 4.43. The van der Waals surface area contributed by atoms with Gasteiger partial charge in [0.15, 0.2) is 0 Å². The molecule has 1 fully saturated rings. The third kappa shape index (κ3) is 7.85. The van der Waals surface area contributed by atoms with Gasteiger partial charge in [0.2, 0.25) is 0 Å². The highest BCUT2D eigenvalue weighted by Gasteiger charge is 2.10. The first kappa shape index (κ1) is 25.1. The molecule has 0 unspecified atom stereocenters. The topological polar surface area (TPSA) is 33.7 Å². The molecule has 28 heavy (non-hydrogen) atoms. The van der Waals surface area contributed by atoms with Crippen molar-refractivity contribution in [1.29, 1.82) is 0 Å². The molecule has 2 aromatic carbocycles. The SMILES string of the molecule is Cl.Cl.Fc1ccccc1COc1ccc(Br)cc1CNCCN1CCOCC1. The summed E-state index contributed by atoms with van der Waals surface area (Å²) in [6.07, 6.45) is 0. The van der Waals surface area contributed by atoms with Crippen LogP contribution in [0.3, 0.4) is 0 Å². The Kier molecular flexibility index (Phi) is 12.0. The van der Waals surface area contributed by atoms with Crippen molar-refractivity contribution in [3.8, 4) is 5.75 Å². The number of morpholine rings is 1. The van der Waals surface area contributed by atoms with Crippen molar-refractivity contribution in [2.45, 2.75) is 13.2 Å². The molecule has 2 aromatic rings. The van der Waals surface area contributed by atoms with Gasteiger partial charge in [-0.2, -0.15) is 0 Å². The zero-order chi connectivity index (χ0) is 18.2. The van der Waals surface area contributed by atoms with Crippen molar-refractivity contribution >= 4 is 40.7 Å². The maximum atomic E-state index is 13.8. The number of ether oxygens (including phenoxy) is 2. The van der Waals surface area contributed by atoms with Crippen LogP contribution >= 0.6 is 40.7 Å². The summed E-state index contributed by atoms with van der Waals surface area (Å²) in [6, 6.07) is 12.6. The normalized spacial score (nSPS) is 14.1. The quantitative estimate of drug-likeness (QED) is 0.549. The maximum Gasteiger partial charge on any atom is 0.129 e. The van der Waals surface area contributed by atoms with E-state index >= 15 is 0 Å². The molecule has 4 nitrogen and oxygen atoms in total. The first-order chi connectivity index (χ1) is 12.7. The molecule has 0 saturated carbocycles. The summed E-state index contributed by atoms with van der Waals surface area (Å²) in [4.78, 5) is 2.40. The average molecular weight is 496 g/mol. The number of nitrogens with one attached hydrogen (secondary N) is 1. The number of rotatable bonds is 8. The highest BCUT2D eigenvalue weighted by atomic mass is 79.9. The van der Waals surface area contributed by atoms with Crippen molar-refractivity contribution in [2.24, 2.45) is 0 Å². The maximum absolute atomic E-state index is 13.8. The van der Waals surface area contributed by atoms with Gasteiger partial charge in [0, 0.05) is 48.3 Å². The van der Waals surface area contributed by atoms with Crippen LogP contribution in [0.15, 0.2) is 46.9 Å². The Hall–Kier alpha value is -0.890. The zero-order valence-electron chi connectivity index (χ0n) is 15.5. The fraction of sp³-hybridized carbons (Fsp3) is 0.400. The van der Waals surface area contributed by atoms with Crippen LogP contribution in [0.25, 0.3) is 0 Å². The Morgan fingerprint density at radius 2 is 1.82 bits per heavy atom. The van der Waals surface area contributed by atoms with E-state index in [0.29, 0.717) is 12.1 Å². The third-order valence-electron chi connectivity index (χ3n) is 4.39. The molecule has 0 bridgehead atoms. The molecular weight excluding hydrogens is 470 g/mol. The van der Waals surface area contributed by atoms with E-state index in [1.807, 2.05) is 24.3 Å². The molecule has 0 aliphatic carbocycles. The van der Waals surface area contributed by atoms with Gasteiger partial charge >= 0.3 is 0 Å². The van der Waals surface area contributed by atoms with Gasteiger partial charge in [-0.25, -0.2) is 4.39 Å². The first-order valence-electron chi connectivity index (χ1n) is 8.88. The van der Waals surface area contributed by atoms with Gasteiger partial charge in [0.05, 0.1) is 13.2 Å². The summed E-state index contributed by atoms with van der Waals surface area (Å²) in [5.41, 5.74) is 1.61. The van der Waals surface area contributed by atoms with Crippen molar-refractivity contribution in [3.05, 3.63) is 63.9 Å². The van der Waals surface area contributed by atoms with Crippen LogP contribution in [-0.4, -0.2) is 44.3 Å². The summed E-state index contributed by atoms with van der Waals surface area (Å²) in [6.45, 7) is 6.46. The van der Waals surface area contributed by atoms with Crippen LogP contribution in [0.1, 0.15) is 11.1 Å². The highest BCUT2D eigenvalue weighted by Crippen LogP contribution is 2.24. The van der Waals surface area contributed by atoms with E-state index in [1.165, 1.54) is 6.07 Å². The molecule has 0 amide bonds. The summed E-state index contributed by atoms with van der Waals surface area (Å²) < 4.78 is 26.0. The van der Waals surface area contributed by atoms with E-state index in [4.69, 9.17) is 9.47 Å². The lowest BCUT2D eigenvalue weighted by atomic mass is 10.2. The van der Waals surface area contributed by atoms with E-state index in [9.17, 15) is 4.39 Å². The van der Waals surface area contributed by atoms with Gasteiger partial charge in [0.1, 0.15) is 18.2 Å². The number of hydrogen-bond acceptors (Lipinski definition) is 4. The Balaban J connectivity index is 0.00000196. The fourth-order valence-corrected chi connectivity index (χ4v) is 3.29. The molecule has 1 N–H and O–H groups in total. The number of benzene rings is 2. The lowest BCUT2D eigenvalue weighted by Gasteiger charge is -2.26. The molecule has 0 radical (unpaired) electrons. The largest absolute Gasteiger partial charge is 0.488 e. The molecule has 0 spiro atoms. The monoisotopic (exact) mass is 494 g/mol. The van der Waals surface area contributed by atoms with E-state index in [2.05, 4.69) is 26.1 Å². The van der Waals surface area contributed by atoms with Crippen molar-refractivity contribution < 1.29 is 13.9 Å². The summed E-state index contributed by atoms with van der Waals surface area (Å²) in [5.74, 6) is 0.533. The lowest BCUT2D eigenvalue weighted by Crippen LogP contribution is -2.40. The average Bonchev–Trinajstić information content (AvgIpc) is 2.66. The molecule has 156 valence electrons. The van der Waals surface area contributed by atoms with Crippen molar-refractivity contribution in [2.75, 3.05) is 39.4 Å². The standard InChI is InChI=1S/C20H24BrFN2O2.2ClH/c21-18-5-6-20(26-15-16-3-1-2-4-19(16)22)17(13-18)14-23-7-8-24-9-11-25-12-10-24;;/h1-6,13,23H,7-12,14-15H2;2*1H. The molecule has 1 aliphatic heterocycles. The minimum absolute atomic E-state index is 0. The fourth-order valence-electron chi connectivity index (χ4n) is 2.88. The van der Waals surface area contributed by atoms with Crippen molar-refractivity contribution in [1.82, 2.24) is 10.2 Å². The molecule has 0 aromatic heterocycles. The molecular formula is C20H26BrCl2FN2O2. The Morgan fingerprint density at radius 1 is 1.07 bits per heavy atom. The van der Waals surface area contributed by atoms with Gasteiger partial charge in [0.25, 0.3) is 0 Å². The second kappa shape index (κ2) is 13.4. The van der Waals surface area contributed by atoms with Gasteiger partial charge in [-0.15, -0.1) is 24.8 Å². The van der Waals surface area contributed by atoms with E-state index < -0.39 is 0 Å². The smallest absolute Gasteiger partial charge is 0.129 e. The first-order valence-corrected chi connectivity index (χ1v) is 9.67. The molecule has 8 heteroatoms. The molecule has 0 atom stereocenters. The second-order valence-electron chi connectivity index (χ2n) is 6.26. The highest BCUT2D eigenvalue weighted by molar-refractivity contribution is 9.10. The molecule has 1 heterocycles. The molecule has 1 aliphatic rings. The predicted molar refractivity (Wildman–Crippen MR) is 118 cm³/mol. The summed E-state index contributed by atoms with van der Waals surface area (Å²) in [5, 5.41) is 3.47. The Bertz CT molecular complexity index is 718. The van der Waals surface area contributed by atoms with Crippen LogP contribution in [0.4, 0.5) is 4.39 Å². The molecule has 3 rings (SSSR count). The van der Waals surface area contributed by atoms with E-state index in [1.54, 1.807) is 12.1 Å². The van der Waals surface area contributed by atoms with Gasteiger partial charge in [-0.3, -0.25) is 4.90 Å². The third-order valence-corrected chi connectivity index (χ3v) is 4.88. The summed E-state index contributed by atoms with van der Waals surface area (Å²) in [7, 11) is 0. The van der Waals surface area contributed by atoms with Crippen LogP contribution in [0.5, 0.6) is 5.75 Å². The van der Waals surface area contributed by atoms with Crippen LogP contribution in [0, 0.1) is 5.82 Å². The second-order valence-corrected chi connectivity index (χ2v) is 7.18. The van der Waals surface area contributed by atoms with Crippen LogP contribution < -0.4 is 10.1 Å². The van der Waals surface area contributed by atoms with Crippen LogP contribution in [0.2, 0.25) is 0 Å². The van der Waals surface area contributed by atoms with E-state index in [0.717, 1.165) is 55.2 Å². The van der Waals surface area contributed by atoms with Gasteiger partial charge in [-0.1, -0.05) is 34.1 Å². The molecule has 1 saturated heterocycles. The summed E-state index contributed by atoms with van der Waals surface area (Å²) >= 11 is 3.51. The van der Waals surface area contributed by atoms with Gasteiger partial charge in [-0.05, 0) is 24.3 Å². The van der Waals surface area contributed by atoms with Gasteiger partial charge < -0.3 is 14.8 Å². The minimum Gasteiger partial charge on any atom is -0.488 e. The number of nitrogens with zero attached hydrogens (tertiary/aromatic N) is 1.